The maximum atomic E-state index is 13.1. The molecule has 19 heteroatoms. The lowest BCUT2D eigenvalue weighted by molar-refractivity contribution is -0.161. The first-order valence-corrected chi connectivity index (χ1v) is 41.8. The van der Waals surface area contributed by atoms with Gasteiger partial charge < -0.3 is 33.8 Å². The van der Waals surface area contributed by atoms with Crippen LogP contribution < -0.4 is 0 Å². The molecule has 0 aromatic carbocycles. The standard InChI is InChI=1S/C75H146O17P2/c1-9-66(6)52-44-36-28-22-16-14-12-13-15-17-24-31-41-49-57-74(79)92-71(62-86-73(78)56-48-40-34-33-38-46-54-68(8)11-3)64-90-94(83,84)88-60-69(76)59-87-93(81,82)89-63-70(61-85-72(77)55-47-39-30-26-20-21-27-35-43-51-65(4)5)91-75(80)58-50-42-32-25-19-18-23-29-37-45-53-67(7)10-2/h65-71,76H,9-64H2,1-8H3,(H,81,82)(H,83,84)/t66?,67?,68?,69-,70-,71-/m1/s1. The average molecular weight is 1380 g/mol. The average Bonchev–Trinajstić information content (AvgIpc) is 1.48. The van der Waals surface area contributed by atoms with E-state index in [1.807, 2.05) is 0 Å². The first-order valence-electron chi connectivity index (χ1n) is 38.8. The van der Waals surface area contributed by atoms with Gasteiger partial charge in [0.05, 0.1) is 26.4 Å². The van der Waals surface area contributed by atoms with Gasteiger partial charge in [0.15, 0.2) is 12.2 Å². The summed E-state index contributed by atoms with van der Waals surface area (Å²) in [7, 11) is -9.91. The Hall–Kier alpha value is -1.94. The summed E-state index contributed by atoms with van der Waals surface area (Å²) in [4.78, 5) is 72.8. The predicted molar refractivity (Wildman–Crippen MR) is 381 cm³/mol. The van der Waals surface area contributed by atoms with Crippen LogP contribution in [0.1, 0.15) is 376 Å². The molecule has 0 amide bonds. The first kappa shape index (κ1) is 92.1. The van der Waals surface area contributed by atoms with Crippen LogP contribution in [0.4, 0.5) is 0 Å². The van der Waals surface area contributed by atoms with Gasteiger partial charge in [-0.1, -0.05) is 325 Å². The molecule has 3 N–H and O–H groups in total. The second-order valence-electron chi connectivity index (χ2n) is 28.2. The van der Waals surface area contributed by atoms with Gasteiger partial charge in [-0.25, -0.2) is 9.13 Å². The Balaban J connectivity index is 5.25. The fourth-order valence-corrected chi connectivity index (χ4v) is 12.9. The summed E-state index contributed by atoms with van der Waals surface area (Å²) in [5.41, 5.74) is 0. The molecule has 17 nitrogen and oxygen atoms in total. The maximum Gasteiger partial charge on any atom is 0.472 e. The number of hydrogen-bond donors (Lipinski definition) is 3. The van der Waals surface area contributed by atoms with Crippen molar-refractivity contribution in [2.75, 3.05) is 39.6 Å². The number of carbonyl (C=O) groups excluding carboxylic acids is 4. The number of rotatable bonds is 72. The van der Waals surface area contributed by atoms with E-state index >= 15 is 0 Å². The molecule has 0 spiro atoms. The largest absolute Gasteiger partial charge is 0.472 e. The first-order chi connectivity index (χ1) is 45.2. The van der Waals surface area contributed by atoms with Crippen LogP contribution in [0.5, 0.6) is 0 Å². The van der Waals surface area contributed by atoms with Crippen LogP contribution in [-0.2, 0) is 65.4 Å². The van der Waals surface area contributed by atoms with E-state index in [1.54, 1.807) is 0 Å². The van der Waals surface area contributed by atoms with Gasteiger partial charge in [0.2, 0.25) is 0 Å². The quantitative estimate of drug-likeness (QED) is 0.0222. The summed E-state index contributed by atoms with van der Waals surface area (Å²) in [6, 6.07) is 0. The van der Waals surface area contributed by atoms with Crippen molar-refractivity contribution in [3.05, 3.63) is 0 Å². The van der Waals surface area contributed by atoms with Crippen LogP contribution in [0.25, 0.3) is 0 Å². The molecule has 0 rings (SSSR count). The van der Waals surface area contributed by atoms with E-state index in [0.717, 1.165) is 120 Å². The third-order valence-electron chi connectivity index (χ3n) is 18.4. The van der Waals surface area contributed by atoms with Crippen LogP contribution in [0.3, 0.4) is 0 Å². The number of phosphoric acid groups is 2. The Bertz CT molecular complexity index is 1860. The number of carbonyl (C=O) groups is 4. The lowest BCUT2D eigenvalue weighted by Crippen LogP contribution is -2.30. The van der Waals surface area contributed by atoms with E-state index in [-0.39, 0.29) is 25.7 Å². The van der Waals surface area contributed by atoms with Gasteiger partial charge in [-0.15, -0.1) is 0 Å². The predicted octanol–water partition coefficient (Wildman–Crippen LogP) is 21.7. The smallest absolute Gasteiger partial charge is 0.462 e. The van der Waals surface area contributed by atoms with Crippen molar-refractivity contribution in [1.82, 2.24) is 0 Å². The van der Waals surface area contributed by atoms with E-state index in [4.69, 9.17) is 37.0 Å². The van der Waals surface area contributed by atoms with Crippen molar-refractivity contribution >= 4 is 39.5 Å². The van der Waals surface area contributed by atoms with Crippen LogP contribution in [0.2, 0.25) is 0 Å². The van der Waals surface area contributed by atoms with Crippen LogP contribution in [0.15, 0.2) is 0 Å². The molecule has 0 radical (unpaired) electrons. The highest BCUT2D eigenvalue weighted by atomic mass is 31.2. The fraction of sp³-hybridized carbons (Fsp3) is 0.947. The zero-order chi connectivity index (χ0) is 69.6. The monoisotopic (exact) mass is 1380 g/mol. The highest BCUT2D eigenvalue weighted by molar-refractivity contribution is 7.47. The molecular weight excluding hydrogens is 1230 g/mol. The number of unbranched alkanes of at least 4 members (excludes halogenated alkanes) is 35. The molecule has 0 saturated heterocycles. The van der Waals surface area contributed by atoms with Gasteiger partial charge in [-0.3, -0.25) is 37.3 Å². The third-order valence-corrected chi connectivity index (χ3v) is 20.3. The molecule has 8 atom stereocenters. The van der Waals surface area contributed by atoms with Crippen LogP contribution >= 0.6 is 15.6 Å². The SMILES string of the molecule is CCC(C)CCCCCCCCCCCCCCCCC(=O)O[C@H](COC(=O)CCCCCCCCC(C)CC)COP(=O)(O)OC[C@H](O)COP(=O)(O)OC[C@@H](COC(=O)CCCCCCCCCCCC(C)C)OC(=O)CCCCCCCCCCCCC(C)CC. The number of aliphatic hydroxyl groups excluding tert-OH is 1. The minimum atomic E-state index is -4.96. The van der Waals surface area contributed by atoms with Crippen LogP contribution in [-0.4, -0.2) is 96.7 Å². The van der Waals surface area contributed by atoms with E-state index in [9.17, 15) is 43.2 Å². The molecule has 0 aliphatic heterocycles. The van der Waals surface area contributed by atoms with E-state index in [1.165, 1.54) is 173 Å². The Morgan fingerprint density at radius 2 is 0.511 bits per heavy atom. The number of esters is 4. The molecule has 0 aliphatic carbocycles. The van der Waals surface area contributed by atoms with Crippen molar-refractivity contribution in [2.24, 2.45) is 23.7 Å². The molecule has 94 heavy (non-hydrogen) atoms. The van der Waals surface area contributed by atoms with Gasteiger partial charge >= 0.3 is 39.5 Å². The Morgan fingerprint density at radius 3 is 0.755 bits per heavy atom. The lowest BCUT2D eigenvalue weighted by atomic mass is 9.99. The summed E-state index contributed by atoms with van der Waals surface area (Å²) in [6.45, 7) is 14.2. The van der Waals surface area contributed by atoms with Crippen molar-refractivity contribution in [2.45, 2.75) is 395 Å². The van der Waals surface area contributed by atoms with Gasteiger partial charge in [0.25, 0.3) is 0 Å². The van der Waals surface area contributed by atoms with E-state index in [2.05, 4.69) is 55.4 Å². The molecular formula is C75H146O17P2. The summed E-state index contributed by atoms with van der Waals surface area (Å²) in [6.07, 6.45) is 48.4. The van der Waals surface area contributed by atoms with Crippen molar-refractivity contribution in [3.63, 3.8) is 0 Å². The van der Waals surface area contributed by atoms with Crippen LogP contribution in [0, 0.1) is 23.7 Å². The Labute approximate surface area is 575 Å². The third kappa shape index (κ3) is 64.7. The molecule has 0 aliphatic rings. The lowest BCUT2D eigenvalue weighted by Gasteiger charge is -2.21. The zero-order valence-corrected chi connectivity index (χ0v) is 63.4. The molecule has 5 unspecified atom stereocenters. The number of aliphatic hydroxyl groups is 1. The van der Waals surface area contributed by atoms with Crippen molar-refractivity contribution in [1.29, 1.82) is 0 Å². The van der Waals surface area contributed by atoms with Gasteiger partial charge in [-0.2, -0.15) is 0 Å². The van der Waals surface area contributed by atoms with Crippen molar-refractivity contribution in [3.8, 4) is 0 Å². The topological polar surface area (TPSA) is 237 Å². The zero-order valence-electron chi connectivity index (χ0n) is 61.6. The minimum Gasteiger partial charge on any atom is -0.462 e. The molecule has 0 aromatic rings. The summed E-state index contributed by atoms with van der Waals surface area (Å²) < 4.78 is 68.5. The fourth-order valence-electron chi connectivity index (χ4n) is 11.3. The molecule has 0 aromatic heterocycles. The maximum absolute atomic E-state index is 13.1. The van der Waals surface area contributed by atoms with E-state index < -0.39 is 97.5 Å². The summed E-state index contributed by atoms with van der Waals surface area (Å²) >= 11 is 0. The normalized spacial score (nSPS) is 15.0. The minimum absolute atomic E-state index is 0.105. The molecule has 558 valence electrons. The Kier molecular flexibility index (Phi) is 63.1. The highest BCUT2D eigenvalue weighted by Gasteiger charge is 2.30. The molecule has 0 fully saturated rings. The second-order valence-corrected chi connectivity index (χ2v) is 31.1. The van der Waals surface area contributed by atoms with Gasteiger partial charge in [0.1, 0.15) is 19.3 Å². The number of hydrogen-bond acceptors (Lipinski definition) is 15. The number of ether oxygens (including phenoxy) is 4. The number of phosphoric ester groups is 2. The van der Waals surface area contributed by atoms with Crippen molar-refractivity contribution < 1.29 is 80.2 Å². The Morgan fingerprint density at radius 1 is 0.298 bits per heavy atom. The molecule has 0 saturated carbocycles. The second kappa shape index (κ2) is 64.4. The summed E-state index contributed by atoms with van der Waals surface area (Å²) in [5.74, 6) is 1.00. The molecule has 0 bridgehead atoms. The molecule has 0 heterocycles. The highest BCUT2D eigenvalue weighted by Crippen LogP contribution is 2.45. The van der Waals surface area contributed by atoms with Gasteiger partial charge in [-0.05, 0) is 49.4 Å². The summed E-state index contributed by atoms with van der Waals surface area (Å²) in [5, 5.41) is 10.6. The van der Waals surface area contributed by atoms with Gasteiger partial charge in [0, 0.05) is 25.7 Å². The van der Waals surface area contributed by atoms with E-state index in [0.29, 0.717) is 25.7 Å².